The summed E-state index contributed by atoms with van der Waals surface area (Å²) in [5.74, 6) is -0.268. The van der Waals surface area contributed by atoms with E-state index in [4.69, 9.17) is 4.74 Å². The quantitative estimate of drug-likeness (QED) is 0.878. The van der Waals surface area contributed by atoms with Crippen molar-refractivity contribution in [1.82, 2.24) is 5.32 Å². The molecule has 2 aromatic carbocycles. The average molecular weight is 342 g/mol. The van der Waals surface area contributed by atoms with Gasteiger partial charge >= 0.3 is 0 Å². The van der Waals surface area contributed by atoms with Gasteiger partial charge in [-0.05, 0) is 36.2 Å². The van der Waals surface area contributed by atoms with Crippen molar-refractivity contribution in [3.63, 3.8) is 0 Å². The van der Waals surface area contributed by atoms with Crippen LogP contribution in [0.25, 0.3) is 0 Å². The second-order valence-corrected chi connectivity index (χ2v) is 6.20. The molecule has 1 unspecified atom stereocenters. The second-order valence-electron chi connectivity index (χ2n) is 6.20. The molecule has 0 aliphatic carbocycles. The summed E-state index contributed by atoms with van der Waals surface area (Å²) in [7, 11) is 0. The molecule has 0 radical (unpaired) electrons. The van der Waals surface area contributed by atoms with E-state index in [9.17, 15) is 9.18 Å². The van der Waals surface area contributed by atoms with Crippen molar-refractivity contribution in [2.45, 2.75) is 18.9 Å². The Kier molecular flexibility index (Phi) is 6.01. The third-order valence-corrected chi connectivity index (χ3v) is 4.34. The molecule has 3 rings (SSSR count). The van der Waals surface area contributed by atoms with E-state index in [0.717, 1.165) is 18.7 Å². The normalized spacial score (nSPS) is 17.3. The van der Waals surface area contributed by atoms with Gasteiger partial charge in [-0.3, -0.25) is 4.79 Å². The van der Waals surface area contributed by atoms with Gasteiger partial charge in [0.05, 0.1) is 12.7 Å². The molecule has 4 nitrogen and oxygen atoms in total. The summed E-state index contributed by atoms with van der Waals surface area (Å²) in [6, 6.07) is 16.5. The summed E-state index contributed by atoms with van der Waals surface area (Å²) in [6.45, 7) is 2.79. The third-order valence-electron chi connectivity index (χ3n) is 4.34. The summed E-state index contributed by atoms with van der Waals surface area (Å²) < 4.78 is 18.6. The Morgan fingerprint density at radius 3 is 2.68 bits per heavy atom. The number of nitrogens with zero attached hydrogens (tertiary/aromatic N) is 1. The van der Waals surface area contributed by atoms with E-state index in [-0.39, 0.29) is 17.8 Å². The first kappa shape index (κ1) is 17.4. The van der Waals surface area contributed by atoms with Gasteiger partial charge in [0.15, 0.2) is 0 Å². The van der Waals surface area contributed by atoms with Gasteiger partial charge in [0, 0.05) is 31.7 Å². The predicted molar refractivity (Wildman–Crippen MR) is 96.1 cm³/mol. The molecule has 5 heteroatoms. The lowest BCUT2D eigenvalue weighted by Crippen LogP contribution is -2.47. The van der Waals surface area contributed by atoms with Crippen LogP contribution in [0.4, 0.5) is 10.1 Å². The molecule has 1 saturated heterocycles. The van der Waals surface area contributed by atoms with E-state index < -0.39 is 0 Å². The molecule has 0 spiro atoms. The number of hydrogen-bond acceptors (Lipinski definition) is 3. The Balaban J connectivity index is 1.41. The van der Waals surface area contributed by atoms with Crippen LogP contribution in [0, 0.1) is 5.82 Å². The van der Waals surface area contributed by atoms with E-state index in [1.807, 2.05) is 18.2 Å². The van der Waals surface area contributed by atoms with Crippen LogP contribution in [0.3, 0.4) is 0 Å². The summed E-state index contributed by atoms with van der Waals surface area (Å²) in [4.78, 5) is 14.3. The molecule has 25 heavy (non-hydrogen) atoms. The van der Waals surface area contributed by atoms with Crippen molar-refractivity contribution in [1.29, 1.82) is 0 Å². The highest BCUT2D eigenvalue weighted by molar-refractivity contribution is 5.76. The highest BCUT2D eigenvalue weighted by Gasteiger charge is 2.21. The van der Waals surface area contributed by atoms with E-state index in [1.165, 1.54) is 17.8 Å². The number of anilines is 1. The third kappa shape index (κ3) is 5.29. The van der Waals surface area contributed by atoms with Gasteiger partial charge in [-0.2, -0.15) is 0 Å². The topological polar surface area (TPSA) is 41.6 Å². The molecule has 1 aliphatic heterocycles. The number of ether oxygens (including phenoxy) is 1. The van der Waals surface area contributed by atoms with Crippen LogP contribution in [0.1, 0.15) is 12.0 Å². The second kappa shape index (κ2) is 8.62. The van der Waals surface area contributed by atoms with Gasteiger partial charge < -0.3 is 15.0 Å². The number of rotatable bonds is 6. The van der Waals surface area contributed by atoms with Gasteiger partial charge in [0.1, 0.15) is 5.82 Å². The van der Waals surface area contributed by atoms with Gasteiger partial charge in [0.25, 0.3) is 0 Å². The Labute approximate surface area is 147 Å². The zero-order chi connectivity index (χ0) is 17.5. The minimum Gasteiger partial charge on any atom is -0.373 e. The van der Waals surface area contributed by atoms with Gasteiger partial charge in [-0.25, -0.2) is 4.39 Å². The molecular weight excluding hydrogens is 319 g/mol. The van der Waals surface area contributed by atoms with Gasteiger partial charge in [-0.15, -0.1) is 0 Å². The maximum absolute atomic E-state index is 12.9. The molecule has 132 valence electrons. The fourth-order valence-corrected chi connectivity index (χ4v) is 2.94. The zero-order valence-electron chi connectivity index (χ0n) is 14.2. The first-order valence-electron chi connectivity index (χ1n) is 8.63. The Bertz CT molecular complexity index is 676. The zero-order valence-corrected chi connectivity index (χ0v) is 14.2. The molecule has 0 aromatic heterocycles. The molecule has 1 heterocycles. The molecule has 0 saturated carbocycles. The molecule has 2 aromatic rings. The monoisotopic (exact) mass is 342 g/mol. The fraction of sp³-hybridized carbons (Fsp3) is 0.350. The molecule has 1 N–H and O–H groups in total. The lowest BCUT2D eigenvalue weighted by molar-refractivity contribution is -0.121. The largest absolute Gasteiger partial charge is 0.373 e. The van der Waals surface area contributed by atoms with Crippen molar-refractivity contribution in [2.75, 3.05) is 31.1 Å². The lowest BCUT2D eigenvalue weighted by atomic mass is 10.1. The Morgan fingerprint density at radius 1 is 1.16 bits per heavy atom. The van der Waals surface area contributed by atoms with Crippen LogP contribution in [0.15, 0.2) is 54.6 Å². The number of amides is 1. The molecule has 1 amide bonds. The number of aryl methyl sites for hydroxylation is 1. The van der Waals surface area contributed by atoms with Crippen LogP contribution in [0.2, 0.25) is 0 Å². The van der Waals surface area contributed by atoms with Crippen LogP contribution < -0.4 is 10.2 Å². The van der Waals surface area contributed by atoms with Crippen LogP contribution in [0.5, 0.6) is 0 Å². The number of nitrogens with one attached hydrogen (secondary N) is 1. The van der Waals surface area contributed by atoms with Crippen LogP contribution in [-0.2, 0) is 16.0 Å². The Hall–Kier alpha value is -2.40. The van der Waals surface area contributed by atoms with Crippen molar-refractivity contribution in [3.8, 4) is 0 Å². The minimum atomic E-state index is -0.259. The highest BCUT2D eigenvalue weighted by atomic mass is 19.1. The van der Waals surface area contributed by atoms with E-state index in [1.54, 1.807) is 12.1 Å². The van der Waals surface area contributed by atoms with Crippen LogP contribution >= 0.6 is 0 Å². The van der Waals surface area contributed by atoms with Crippen molar-refractivity contribution < 1.29 is 13.9 Å². The smallest absolute Gasteiger partial charge is 0.220 e. The summed E-state index contributed by atoms with van der Waals surface area (Å²) in [6.07, 6.45) is 0.984. The maximum atomic E-state index is 12.9. The number of hydrogen-bond donors (Lipinski definition) is 1. The van der Waals surface area contributed by atoms with Crippen molar-refractivity contribution >= 4 is 11.6 Å². The van der Waals surface area contributed by atoms with Crippen LogP contribution in [-0.4, -0.2) is 38.3 Å². The molecular formula is C20H23FN2O2. The van der Waals surface area contributed by atoms with Crippen molar-refractivity contribution in [2.24, 2.45) is 0 Å². The Morgan fingerprint density at radius 2 is 1.92 bits per heavy atom. The first-order valence-corrected chi connectivity index (χ1v) is 8.63. The predicted octanol–water partition coefficient (Wildman–Crippen LogP) is 2.78. The molecule has 1 aliphatic rings. The number of benzene rings is 2. The summed E-state index contributed by atoms with van der Waals surface area (Å²) in [5, 5.41) is 2.94. The van der Waals surface area contributed by atoms with Crippen molar-refractivity contribution in [3.05, 3.63) is 66.0 Å². The molecule has 1 fully saturated rings. The van der Waals surface area contributed by atoms with E-state index in [0.29, 0.717) is 26.0 Å². The molecule has 1 atom stereocenters. The number of morpholine rings is 1. The van der Waals surface area contributed by atoms with E-state index >= 15 is 0 Å². The SMILES string of the molecule is O=C(CCc1ccc(F)cc1)NCC1CN(c2ccccc2)CCO1. The standard InChI is InChI=1S/C20H23FN2O2/c21-17-9-6-16(7-10-17)8-11-20(24)22-14-19-15-23(12-13-25-19)18-4-2-1-3-5-18/h1-7,9-10,19H,8,11-15H2,(H,22,24). The van der Waals surface area contributed by atoms with Gasteiger partial charge in [0.2, 0.25) is 5.91 Å². The number of carbonyl (C=O) groups is 1. The van der Waals surface area contributed by atoms with Gasteiger partial charge in [-0.1, -0.05) is 30.3 Å². The first-order chi connectivity index (χ1) is 12.2. The van der Waals surface area contributed by atoms with E-state index in [2.05, 4.69) is 22.3 Å². The number of carbonyl (C=O) groups excluding carboxylic acids is 1. The lowest BCUT2D eigenvalue weighted by Gasteiger charge is -2.34. The summed E-state index contributed by atoms with van der Waals surface area (Å²) >= 11 is 0. The average Bonchev–Trinajstić information content (AvgIpc) is 2.67. The minimum absolute atomic E-state index is 0.00948. The maximum Gasteiger partial charge on any atom is 0.220 e. The number of halogens is 1. The number of para-hydroxylation sites is 1. The fourth-order valence-electron chi connectivity index (χ4n) is 2.94. The highest BCUT2D eigenvalue weighted by Crippen LogP contribution is 2.16. The summed E-state index contributed by atoms with van der Waals surface area (Å²) in [5.41, 5.74) is 2.14. The molecule has 0 bridgehead atoms.